The zero-order valence-electron chi connectivity index (χ0n) is 8.81. The molecule has 82 valence electrons. The van der Waals surface area contributed by atoms with E-state index in [1.807, 2.05) is 25.1 Å². The van der Waals surface area contributed by atoms with Crippen molar-refractivity contribution in [1.82, 2.24) is 15.0 Å². The Morgan fingerprint density at radius 1 is 1.31 bits per heavy atom. The Hall–Kier alpha value is -1.68. The predicted octanol–water partition coefficient (Wildman–Crippen LogP) is 2.62. The van der Waals surface area contributed by atoms with Gasteiger partial charge in [-0.25, -0.2) is 9.97 Å². The highest BCUT2D eigenvalue weighted by Gasteiger charge is 2.05. The number of rotatable bonds is 3. The van der Waals surface area contributed by atoms with Crippen LogP contribution in [-0.2, 0) is 0 Å². The average molecular weight is 235 g/mol. The maximum atomic E-state index is 5.92. The molecule has 0 amide bonds. The summed E-state index contributed by atoms with van der Waals surface area (Å²) in [6.45, 7) is 2.78. The van der Waals surface area contributed by atoms with Crippen LogP contribution in [0.5, 0.6) is 0 Å². The number of halogens is 1. The molecule has 4 nitrogen and oxygen atoms in total. The van der Waals surface area contributed by atoms with E-state index in [0.717, 1.165) is 6.54 Å². The number of nitrogens with one attached hydrogen (secondary N) is 1. The summed E-state index contributed by atoms with van der Waals surface area (Å²) >= 11 is 5.92. The first kappa shape index (κ1) is 10.8. The second-order valence-electron chi connectivity index (χ2n) is 3.14. The van der Waals surface area contributed by atoms with Crippen molar-refractivity contribution in [3.05, 3.63) is 35.6 Å². The second-order valence-corrected chi connectivity index (χ2v) is 3.53. The first-order valence-corrected chi connectivity index (χ1v) is 5.37. The summed E-state index contributed by atoms with van der Waals surface area (Å²) in [5.74, 6) is 1.24. The molecule has 2 rings (SSSR count). The third kappa shape index (κ3) is 2.46. The molecule has 1 N–H and O–H groups in total. The molecule has 0 radical (unpaired) electrons. The zero-order valence-corrected chi connectivity index (χ0v) is 9.57. The Balaban J connectivity index is 2.41. The number of aromatic nitrogens is 3. The van der Waals surface area contributed by atoms with Crippen LogP contribution in [-0.4, -0.2) is 21.5 Å². The third-order valence-electron chi connectivity index (χ3n) is 1.95. The average Bonchev–Trinajstić information content (AvgIpc) is 2.30. The Morgan fingerprint density at radius 2 is 2.19 bits per heavy atom. The minimum absolute atomic E-state index is 0.409. The van der Waals surface area contributed by atoms with Crippen molar-refractivity contribution in [2.24, 2.45) is 0 Å². The molecule has 2 aromatic rings. The molecule has 0 aliphatic heterocycles. The van der Waals surface area contributed by atoms with Crippen molar-refractivity contribution in [2.45, 2.75) is 6.92 Å². The van der Waals surface area contributed by atoms with E-state index in [4.69, 9.17) is 11.6 Å². The first-order valence-electron chi connectivity index (χ1n) is 4.99. The van der Waals surface area contributed by atoms with Crippen LogP contribution in [0.25, 0.3) is 11.5 Å². The molecule has 0 aliphatic carbocycles. The molecule has 0 spiro atoms. The molecule has 2 aromatic heterocycles. The van der Waals surface area contributed by atoms with Crippen LogP contribution in [0.1, 0.15) is 6.92 Å². The lowest BCUT2D eigenvalue weighted by atomic mass is 10.3. The van der Waals surface area contributed by atoms with E-state index < -0.39 is 0 Å². The Kier molecular flexibility index (Phi) is 3.31. The number of anilines is 1. The molecule has 0 atom stereocenters. The van der Waals surface area contributed by atoms with Gasteiger partial charge in [0.2, 0.25) is 0 Å². The van der Waals surface area contributed by atoms with Gasteiger partial charge in [0, 0.05) is 18.8 Å². The van der Waals surface area contributed by atoms with Gasteiger partial charge in [-0.2, -0.15) is 0 Å². The van der Waals surface area contributed by atoms with Crippen LogP contribution in [0.3, 0.4) is 0 Å². The number of pyridine rings is 1. The largest absolute Gasteiger partial charge is 0.370 e. The van der Waals surface area contributed by atoms with Crippen LogP contribution in [0.4, 0.5) is 5.82 Å². The van der Waals surface area contributed by atoms with Crippen LogP contribution >= 0.6 is 11.6 Å². The molecule has 16 heavy (non-hydrogen) atoms. The molecule has 0 bridgehead atoms. The van der Waals surface area contributed by atoms with Crippen LogP contribution in [0.15, 0.2) is 30.5 Å². The van der Waals surface area contributed by atoms with Crippen molar-refractivity contribution in [2.75, 3.05) is 11.9 Å². The molecular formula is C11H11ClN4. The van der Waals surface area contributed by atoms with Crippen molar-refractivity contribution in [3.8, 4) is 11.5 Å². The first-order chi connectivity index (χ1) is 7.79. The predicted molar refractivity (Wildman–Crippen MR) is 64.4 cm³/mol. The van der Waals surface area contributed by atoms with Gasteiger partial charge in [0.25, 0.3) is 0 Å². The van der Waals surface area contributed by atoms with Gasteiger partial charge in [0.05, 0.1) is 0 Å². The van der Waals surface area contributed by atoms with Crippen molar-refractivity contribution in [3.63, 3.8) is 0 Å². The number of hydrogen-bond acceptors (Lipinski definition) is 4. The maximum absolute atomic E-state index is 5.92. The highest BCUT2D eigenvalue weighted by atomic mass is 35.5. The van der Waals surface area contributed by atoms with E-state index in [9.17, 15) is 0 Å². The topological polar surface area (TPSA) is 50.7 Å². The summed E-state index contributed by atoms with van der Waals surface area (Å²) in [5.41, 5.74) is 0.712. The number of nitrogens with zero attached hydrogens (tertiary/aromatic N) is 3. The summed E-state index contributed by atoms with van der Waals surface area (Å²) in [5, 5.41) is 3.50. The molecule has 0 aromatic carbocycles. The lowest BCUT2D eigenvalue weighted by molar-refractivity contribution is 1.10. The van der Waals surface area contributed by atoms with Gasteiger partial charge in [0.15, 0.2) is 5.82 Å². The van der Waals surface area contributed by atoms with E-state index in [0.29, 0.717) is 22.5 Å². The third-order valence-corrected chi connectivity index (χ3v) is 2.14. The highest BCUT2D eigenvalue weighted by Crippen LogP contribution is 2.17. The van der Waals surface area contributed by atoms with Crippen molar-refractivity contribution in [1.29, 1.82) is 0 Å². The zero-order chi connectivity index (χ0) is 11.4. The van der Waals surface area contributed by atoms with Gasteiger partial charge in [0.1, 0.15) is 16.7 Å². The Labute approximate surface area is 98.7 Å². The Bertz CT molecular complexity index is 473. The van der Waals surface area contributed by atoms with E-state index in [2.05, 4.69) is 20.3 Å². The molecule has 2 heterocycles. The molecule has 0 fully saturated rings. The fraction of sp³-hybridized carbons (Fsp3) is 0.182. The molecule has 0 aliphatic rings. The monoisotopic (exact) mass is 234 g/mol. The summed E-state index contributed by atoms with van der Waals surface area (Å²) < 4.78 is 0. The molecular weight excluding hydrogens is 224 g/mol. The fourth-order valence-corrected chi connectivity index (χ4v) is 1.48. The van der Waals surface area contributed by atoms with Crippen LogP contribution in [0.2, 0.25) is 5.15 Å². The lowest BCUT2D eigenvalue weighted by Gasteiger charge is -2.05. The van der Waals surface area contributed by atoms with Gasteiger partial charge < -0.3 is 5.32 Å². The molecule has 0 saturated carbocycles. The van der Waals surface area contributed by atoms with E-state index in [-0.39, 0.29) is 0 Å². The van der Waals surface area contributed by atoms with Gasteiger partial charge in [-0.3, -0.25) is 4.98 Å². The van der Waals surface area contributed by atoms with Gasteiger partial charge in [-0.05, 0) is 19.1 Å². The van der Waals surface area contributed by atoms with Crippen LogP contribution < -0.4 is 5.32 Å². The maximum Gasteiger partial charge on any atom is 0.181 e. The molecule has 0 saturated heterocycles. The fourth-order valence-electron chi connectivity index (χ4n) is 1.30. The molecule has 0 unspecified atom stereocenters. The SMILES string of the molecule is CCNc1cc(Cl)nc(-c2ccccn2)n1. The normalized spacial score (nSPS) is 10.1. The summed E-state index contributed by atoms with van der Waals surface area (Å²) in [6, 6.07) is 7.28. The van der Waals surface area contributed by atoms with Crippen molar-refractivity contribution < 1.29 is 0 Å². The van der Waals surface area contributed by atoms with Crippen LogP contribution in [0, 0.1) is 0 Å². The highest BCUT2D eigenvalue weighted by molar-refractivity contribution is 6.29. The van der Waals surface area contributed by atoms with E-state index in [1.165, 1.54) is 0 Å². The smallest absolute Gasteiger partial charge is 0.181 e. The second kappa shape index (κ2) is 4.90. The van der Waals surface area contributed by atoms with E-state index >= 15 is 0 Å². The van der Waals surface area contributed by atoms with Gasteiger partial charge >= 0.3 is 0 Å². The summed E-state index contributed by atoms with van der Waals surface area (Å²) in [6.07, 6.45) is 1.70. The molecule has 5 heteroatoms. The minimum Gasteiger partial charge on any atom is -0.370 e. The summed E-state index contributed by atoms with van der Waals surface area (Å²) in [4.78, 5) is 12.6. The summed E-state index contributed by atoms with van der Waals surface area (Å²) in [7, 11) is 0. The van der Waals surface area contributed by atoms with Gasteiger partial charge in [-0.15, -0.1) is 0 Å². The van der Waals surface area contributed by atoms with Crippen molar-refractivity contribution >= 4 is 17.4 Å². The standard InChI is InChI=1S/C11H11ClN4/c1-2-13-10-7-9(12)15-11(16-10)8-5-3-4-6-14-8/h3-7H,2H2,1H3,(H,13,15,16). The quantitative estimate of drug-likeness (QED) is 0.830. The van der Waals surface area contributed by atoms with Gasteiger partial charge in [-0.1, -0.05) is 17.7 Å². The number of hydrogen-bond donors (Lipinski definition) is 1. The Morgan fingerprint density at radius 3 is 2.88 bits per heavy atom. The van der Waals surface area contributed by atoms with E-state index in [1.54, 1.807) is 12.3 Å². The minimum atomic E-state index is 0.409. The lowest BCUT2D eigenvalue weighted by Crippen LogP contribution is -2.02.